The Labute approximate surface area is 236 Å². The van der Waals surface area contributed by atoms with E-state index in [4.69, 9.17) is 10.5 Å². The SMILES string of the molecule is Cn1c(=O)n(C2CCC(O)NC2=O)c2cccc(C#CCCCOCC3CCC(n4cc(N)c(C(F)F)n4)CC3)c21. The molecule has 220 valence electrons. The van der Waals surface area contributed by atoms with Crippen LogP contribution in [-0.2, 0) is 16.6 Å². The Morgan fingerprint density at radius 1 is 1.20 bits per heavy atom. The summed E-state index contributed by atoms with van der Waals surface area (Å²) in [7, 11) is 1.67. The van der Waals surface area contributed by atoms with Crippen molar-refractivity contribution in [3.63, 3.8) is 0 Å². The summed E-state index contributed by atoms with van der Waals surface area (Å²) in [6.07, 6.45) is 3.73. The van der Waals surface area contributed by atoms with Gasteiger partial charge in [-0.1, -0.05) is 17.9 Å². The molecule has 1 saturated carbocycles. The quantitative estimate of drug-likeness (QED) is 0.281. The standard InChI is InChI=1S/C29H36F2N6O4/c1-35-26-19(7-5-8-22(26)37(29(35)40)23-13-14-24(38)33-28(23)39)6-3-2-4-15-41-17-18-9-11-20(12-10-18)36-16-21(32)25(34-36)27(30)31/h5,7-8,16,18,20,23-24,27,38H,2,4,9-15,17,32H2,1H3,(H,33,39). The number of piperidine rings is 1. The number of fused-ring (bicyclic) bond motifs is 1. The molecule has 0 bridgehead atoms. The number of aromatic nitrogens is 4. The first-order valence-electron chi connectivity index (χ1n) is 14.1. The van der Waals surface area contributed by atoms with Gasteiger partial charge in [0.25, 0.3) is 6.43 Å². The minimum Gasteiger partial charge on any atom is -0.396 e. The van der Waals surface area contributed by atoms with Crippen molar-refractivity contribution in [2.24, 2.45) is 13.0 Å². The van der Waals surface area contributed by atoms with Crippen LogP contribution in [0, 0.1) is 17.8 Å². The summed E-state index contributed by atoms with van der Waals surface area (Å²) in [4.78, 5) is 25.5. The second kappa shape index (κ2) is 12.4. The molecule has 3 aromatic rings. The van der Waals surface area contributed by atoms with Crippen LogP contribution in [0.5, 0.6) is 0 Å². The van der Waals surface area contributed by atoms with Crippen molar-refractivity contribution >= 4 is 22.6 Å². The summed E-state index contributed by atoms with van der Waals surface area (Å²) in [5.74, 6) is 6.42. The molecular weight excluding hydrogens is 534 g/mol. The van der Waals surface area contributed by atoms with Crippen LogP contribution in [0.3, 0.4) is 0 Å². The maximum atomic E-state index is 13.1. The van der Waals surface area contributed by atoms with E-state index in [-0.39, 0.29) is 29.0 Å². The summed E-state index contributed by atoms with van der Waals surface area (Å²) in [6, 6.07) is 4.92. The van der Waals surface area contributed by atoms with Gasteiger partial charge in [-0.25, -0.2) is 13.6 Å². The number of nitrogens with two attached hydrogens (primary N) is 1. The summed E-state index contributed by atoms with van der Waals surface area (Å²) in [5.41, 5.74) is 7.12. The molecule has 2 unspecified atom stereocenters. The number of aryl methyl sites for hydroxylation is 1. The lowest BCUT2D eigenvalue weighted by Gasteiger charge is -2.28. The number of nitrogens with zero attached hydrogens (tertiary/aromatic N) is 4. The normalized spacial score (nSPS) is 23.0. The molecule has 3 heterocycles. The Hall–Kier alpha value is -3.69. The molecule has 1 saturated heterocycles. The smallest absolute Gasteiger partial charge is 0.329 e. The number of rotatable bonds is 8. The molecule has 12 heteroatoms. The molecule has 0 spiro atoms. The number of carbonyl (C=O) groups excluding carboxylic acids is 1. The van der Waals surface area contributed by atoms with Crippen LogP contribution in [-0.4, -0.2) is 49.4 Å². The summed E-state index contributed by atoms with van der Waals surface area (Å²) in [5, 5.41) is 16.2. The lowest BCUT2D eigenvalue weighted by atomic mass is 9.86. The first kappa shape index (κ1) is 28.8. The van der Waals surface area contributed by atoms with E-state index in [1.54, 1.807) is 11.7 Å². The summed E-state index contributed by atoms with van der Waals surface area (Å²) < 4.78 is 36.5. The Bertz CT molecular complexity index is 1510. The zero-order valence-corrected chi connectivity index (χ0v) is 23.1. The molecule has 2 fully saturated rings. The van der Waals surface area contributed by atoms with Gasteiger partial charge in [-0.15, -0.1) is 0 Å². The van der Waals surface area contributed by atoms with Gasteiger partial charge in [-0.2, -0.15) is 5.10 Å². The fourth-order valence-electron chi connectivity index (χ4n) is 5.89. The maximum absolute atomic E-state index is 13.1. The third kappa shape index (κ3) is 6.16. The zero-order valence-electron chi connectivity index (χ0n) is 23.1. The molecule has 41 heavy (non-hydrogen) atoms. The average Bonchev–Trinajstić information content (AvgIpc) is 3.46. The van der Waals surface area contributed by atoms with Crippen molar-refractivity contribution < 1.29 is 23.4 Å². The number of amides is 1. The third-order valence-electron chi connectivity index (χ3n) is 8.09. The highest BCUT2D eigenvalue weighted by molar-refractivity contribution is 5.87. The molecule has 1 aliphatic heterocycles. The van der Waals surface area contributed by atoms with E-state index >= 15 is 0 Å². The van der Waals surface area contributed by atoms with Crippen LogP contribution < -0.4 is 16.7 Å². The van der Waals surface area contributed by atoms with Crippen molar-refractivity contribution in [3.8, 4) is 11.8 Å². The van der Waals surface area contributed by atoms with Crippen molar-refractivity contribution in [2.75, 3.05) is 18.9 Å². The van der Waals surface area contributed by atoms with E-state index in [1.807, 2.05) is 18.2 Å². The van der Waals surface area contributed by atoms with E-state index < -0.39 is 18.7 Å². The minimum absolute atomic E-state index is 0.0442. The molecular formula is C29H36F2N6O4. The van der Waals surface area contributed by atoms with Crippen molar-refractivity contribution in [1.29, 1.82) is 0 Å². The van der Waals surface area contributed by atoms with Gasteiger partial charge < -0.3 is 20.9 Å². The number of benzene rings is 1. The second-order valence-corrected chi connectivity index (χ2v) is 10.9. The zero-order chi connectivity index (χ0) is 29.1. The molecule has 4 N–H and O–H groups in total. The van der Waals surface area contributed by atoms with E-state index in [0.717, 1.165) is 37.7 Å². The van der Waals surface area contributed by atoms with Crippen LogP contribution in [0.4, 0.5) is 14.5 Å². The molecule has 1 aromatic carbocycles. The molecule has 2 aromatic heterocycles. The lowest BCUT2D eigenvalue weighted by Crippen LogP contribution is -2.46. The van der Waals surface area contributed by atoms with Gasteiger partial charge in [-0.05, 0) is 63.0 Å². The summed E-state index contributed by atoms with van der Waals surface area (Å²) >= 11 is 0. The molecule has 2 aliphatic rings. The van der Waals surface area contributed by atoms with E-state index in [9.17, 15) is 23.5 Å². The third-order valence-corrected chi connectivity index (χ3v) is 8.09. The number of para-hydroxylation sites is 1. The van der Waals surface area contributed by atoms with Gasteiger partial charge in [0.05, 0.1) is 28.3 Å². The van der Waals surface area contributed by atoms with E-state index in [0.29, 0.717) is 49.4 Å². The topological polar surface area (TPSA) is 129 Å². The van der Waals surface area contributed by atoms with Crippen molar-refractivity contribution in [3.05, 3.63) is 46.1 Å². The Morgan fingerprint density at radius 2 is 1.98 bits per heavy atom. The number of hydrogen-bond donors (Lipinski definition) is 3. The predicted octanol–water partition coefficient (Wildman–Crippen LogP) is 3.41. The number of halogens is 2. The number of nitrogen functional groups attached to an aromatic ring is 1. The van der Waals surface area contributed by atoms with E-state index in [2.05, 4.69) is 22.3 Å². The number of aliphatic hydroxyl groups is 1. The van der Waals surface area contributed by atoms with Crippen molar-refractivity contribution in [2.45, 2.75) is 76.1 Å². The van der Waals surface area contributed by atoms with E-state index in [1.165, 1.54) is 15.3 Å². The van der Waals surface area contributed by atoms with Gasteiger partial charge in [0.1, 0.15) is 12.3 Å². The monoisotopic (exact) mass is 570 g/mol. The van der Waals surface area contributed by atoms with Crippen LogP contribution in [0.1, 0.15) is 81.1 Å². The van der Waals surface area contributed by atoms with Crippen molar-refractivity contribution in [1.82, 2.24) is 24.2 Å². The minimum atomic E-state index is -2.66. The molecule has 5 rings (SSSR count). The Morgan fingerprint density at radius 3 is 2.68 bits per heavy atom. The van der Waals surface area contributed by atoms with Gasteiger partial charge in [0.15, 0.2) is 5.69 Å². The second-order valence-electron chi connectivity index (χ2n) is 10.9. The van der Waals surface area contributed by atoms with Gasteiger partial charge in [-0.3, -0.25) is 18.6 Å². The Balaban J connectivity index is 1.10. The number of nitrogens with one attached hydrogen (secondary N) is 1. The fourth-order valence-corrected chi connectivity index (χ4v) is 5.89. The number of imidazole rings is 1. The van der Waals surface area contributed by atoms with Crippen LogP contribution in [0.25, 0.3) is 11.0 Å². The highest BCUT2D eigenvalue weighted by Gasteiger charge is 2.31. The average molecular weight is 571 g/mol. The number of alkyl halides is 2. The van der Waals surface area contributed by atoms with Crippen LogP contribution >= 0.6 is 0 Å². The molecule has 2 atom stereocenters. The number of ether oxygens (including phenoxy) is 1. The number of carbonyl (C=O) groups is 1. The predicted molar refractivity (Wildman–Crippen MR) is 149 cm³/mol. The lowest BCUT2D eigenvalue weighted by molar-refractivity contribution is -0.130. The summed E-state index contributed by atoms with van der Waals surface area (Å²) in [6.45, 7) is 1.24. The number of anilines is 1. The van der Waals surface area contributed by atoms with Gasteiger partial charge in [0, 0.05) is 32.9 Å². The Kier molecular flexibility index (Phi) is 8.75. The first-order chi connectivity index (χ1) is 19.7. The number of unbranched alkanes of at least 4 members (excludes halogenated alkanes) is 1. The van der Waals surface area contributed by atoms with Crippen LogP contribution in [0.15, 0.2) is 29.2 Å². The fraction of sp³-hybridized carbons (Fsp3) is 0.552. The molecule has 1 amide bonds. The van der Waals surface area contributed by atoms with Gasteiger partial charge >= 0.3 is 5.69 Å². The highest BCUT2D eigenvalue weighted by atomic mass is 19.3. The number of aliphatic hydroxyl groups excluding tert-OH is 1. The highest BCUT2D eigenvalue weighted by Crippen LogP contribution is 2.34. The molecule has 0 radical (unpaired) electrons. The molecule has 1 aliphatic carbocycles. The largest absolute Gasteiger partial charge is 0.396 e. The molecule has 10 nitrogen and oxygen atoms in total. The maximum Gasteiger partial charge on any atom is 0.329 e. The first-order valence-corrected chi connectivity index (χ1v) is 14.1. The van der Waals surface area contributed by atoms with Gasteiger partial charge in [0.2, 0.25) is 5.91 Å². The van der Waals surface area contributed by atoms with Crippen LogP contribution in [0.2, 0.25) is 0 Å². The number of hydrogen-bond acceptors (Lipinski definition) is 6.